The Hall–Kier alpha value is -2.11. The molecule has 6 heteroatoms. The van der Waals surface area contributed by atoms with Gasteiger partial charge in [-0.05, 0) is 31.5 Å². The van der Waals surface area contributed by atoms with Gasteiger partial charge in [0.05, 0.1) is 13.5 Å². The summed E-state index contributed by atoms with van der Waals surface area (Å²) in [5.41, 5.74) is 0.455. The second-order valence-corrected chi connectivity index (χ2v) is 4.17. The van der Waals surface area contributed by atoms with Gasteiger partial charge in [0.15, 0.2) is 17.7 Å². The third kappa shape index (κ3) is 4.53. The number of rotatable bonds is 6. The molecule has 110 valence electrons. The van der Waals surface area contributed by atoms with Gasteiger partial charge in [-0.1, -0.05) is 6.07 Å². The average Bonchev–Trinajstić information content (AvgIpc) is 2.39. The van der Waals surface area contributed by atoms with Gasteiger partial charge in [-0.2, -0.15) is 0 Å². The summed E-state index contributed by atoms with van der Waals surface area (Å²) >= 11 is 0. The molecule has 0 heterocycles. The predicted molar refractivity (Wildman–Crippen MR) is 70.9 cm³/mol. The van der Waals surface area contributed by atoms with Crippen LogP contribution in [0.15, 0.2) is 18.2 Å². The molecule has 1 aromatic rings. The fourth-order valence-electron chi connectivity index (χ4n) is 1.60. The Balaban J connectivity index is 2.58. The number of nitrogens with one attached hydrogen (secondary N) is 1. The summed E-state index contributed by atoms with van der Waals surface area (Å²) in [7, 11) is 1.36. The largest absolute Gasteiger partial charge is 0.494 e. The number of benzene rings is 1. The molecule has 0 saturated heterocycles. The van der Waals surface area contributed by atoms with Crippen molar-refractivity contribution in [3.63, 3.8) is 0 Å². The van der Waals surface area contributed by atoms with Crippen molar-refractivity contribution in [2.24, 2.45) is 0 Å². The summed E-state index contributed by atoms with van der Waals surface area (Å²) < 4.78 is 23.2. The SMILES string of the molecule is CCNC(=O)[C@@H](C)OC(=O)Cc1ccc(OC)c(F)c1. The first-order chi connectivity index (χ1) is 9.47. The van der Waals surface area contributed by atoms with Crippen LogP contribution in [0.5, 0.6) is 5.75 Å². The summed E-state index contributed by atoms with van der Waals surface area (Å²) in [4.78, 5) is 23.0. The Labute approximate surface area is 117 Å². The lowest BCUT2D eigenvalue weighted by Gasteiger charge is -2.12. The Bertz CT molecular complexity index is 490. The van der Waals surface area contributed by atoms with Gasteiger partial charge in [0.25, 0.3) is 5.91 Å². The minimum atomic E-state index is -0.870. The molecular formula is C14H18FNO4. The molecule has 0 saturated carbocycles. The van der Waals surface area contributed by atoms with Crippen LogP contribution in [0.4, 0.5) is 4.39 Å². The molecule has 0 unspecified atom stereocenters. The lowest BCUT2D eigenvalue weighted by molar-refractivity contribution is -0.154. The molecule has 0 aliphatic carbocycles. The van der Waals surface area contributed by atoms with Crippen molar-refractivity contribution < 1.29 is 23.5 Å². The molecule has 0 aliphatic heterocycles. The van der Waals surface area contributed by atoms with Crippen LogP contribution < -0.4 is 10.1 Å². The smallest absolute Gasteiger partial charge is 0.311 e. The number of esters is 1. The molecule has 1 atom stereocenters. The minimum absolute atomic E-state index is 0.106. The summed E-state index contributed by atoms with van der Waals surface area (Å²) in [6, 6.07) is 4.21. The van der Waals surface area contributed by atoms with Gasteiger partial charge in [0.1, 0.15) is 0 Å². The standard InChI is InChI=1S/C14H18FNO4/c1-4-16-14(18)9(2)20-13(17)8-10-5-6-12(19-3)11(15)7-10/h5-7,9H,4,8H2,1-3H3,(H,16,18)/t9-/m1/s1. The van der Waals surface area contributed by atoms with E-state index in [4.69, 9.17) is 9.47 Å². The summed E-state index contributed by atoms with van der Waals surface area (Å²) in [5.74, 6) is -1.39. The molecule has 0 aliphatic rings. The van der Waals surface area contributed by atoms with E-state index in [1.54, 1.807) is 13.0 Å². The first-order valence-electron chi connectivity index (χ1n) is 6.27. The number of likely N-dealkylation sites (N-methyl/N-ethyl adjacent to an activating group) is 1. The van der Waals surface area contributed by atoms with Crippen molar-refractivity contribution in [3.05, 3.63) is 29.6 Å². The predicted octanol–water partition coefficient (Wildman–Crippen LogP) is 1.44. The summed E-state index contributed by atoms with van der Waals surface area (Å²) in [6.07, 6.45) is -0.976. The molecule has 0 bridgehead atoms. The molecule has 0 fully saturated rings. The van der Waals surface area contributed by atoms with E-state index in [0.717, 1.165) is 0 Å². The van der Waals surface area contributed by atoms with E-state index in [2.05, 4.69) is 5.32 Å². The molecule has 20 heavy (non-hydrogen) atoms. The molecule has 0 radical (unpaired) electrons. The Morgan fingerprint density at radius 3 is 2.65 bits per heavy atom. The van der Waals surface area contributed by atoms with Crippen molar-refractivity contribution in [2.75, 3.05) is 13.7 Å². The number of carbonyl (C=O) groups excluding carboxylic acids is 2. The van der Waals surface area contributed by atoms with Gasteiger partial charge < -0.3 is 14.8 Å². The van der Waals surface area contributed by atoms with Crippen LogP contribution in [0.25, 0.3) is 0 Å². The molecule has 5 nitrogen and oxygen atoms in total. The number of hydrogen-bond donors (Lipinski definition) is 1. The maximum Gasteiger partial charge on any atom is 0.311 e. The molecule has 1 aromatic carbocycles. The van der Waals surface area contributed by atoms with Gasteiger partial charge in [0.2, 0.25) is 0 Å². The van der Waals surface area contributed by atoms with Crippen molar-refractivity contribution in [3.8, 4) is 5.75 Å². The topological polar surface area (TPSA) is 64.6 Å². The van der Waals surface area contributed by atoms with Crippen molar-refractivity contribution in [1.29, 1.82) is 0 Å². The fourth-order valence-corrected chi connectivity index (χ4v) is 1.60. The lowest BCUT2D eigenvalue weighted by atomic mass is 10.1. The quantitative estimate of drug-likeness (QED) is 0.802. The molecule has 0 aromatic heterocycles. The number of hydrogen-bond acceptors (Lipinski definition) is 4. The van der Waals surface area contributed by atoms with Crippen LogP contribution in [0, 0.1) is 5.82 Å². The zero-order valence-corrected chi connectivity index (χ0v) is 11.7. The highest BCUT2D eigenvalue weighted by Crippen LogP contribution is 2.18. The van der Waals surface area contributed by atoms with Gasteiger partial charge in [-0.3, -0.25) is 9.59 Å². The van der Waals surface area contributed by atoms with E-state index in [-0.39, 0.29) is 18.1 Å². The van der Waals surface area contributed by atoms with Gasteiger partial charge in [-0.25, -0.2) is 4.39 Å². The highest BCUT2D eigenvalue weighted by molar-refractivity contribution is 5.83. The van der Waals surface area contributed by atoms with Crippen LogP contribution in [0.3, 0.4) is 0 Å². The summed E-state index contributed by atoms with van der Waals surface area (Å²) in [6.45, 7) is 3.72. The first kappa shape index (κ1) is 15.9. The van der Waals surface area contributed by atoms with E-state index in [9.17, 15) is 14.0 Å². The third-order valence-corrected chi connectivity index (χ3v) is 2.59. The number of carbonyl (C=O) groups is 2. The molecular weight excluding hydrogens is 265 g/mol. The zero-order valence-electron chi connectivity index (χ0n) is 11.7. The van der Waals surface area contributed by atoms with Crippen LogP contribution in [0.2, 0.25) is 0 Å². The van der Waals surface area contributed by atoms with E-state index >= 15 is 0 Å². The number of halogens is 1. The lowest BCUT2D eigenvalue weighted by Crippen LogP contribution is -2.35. The maximum absolute atomic E-state index is 13.5. The van der Waals surface area contributed by atoms with E-state index in [0.29, 0.717) is 12.1 Å². The number of amides is 1. The van der Waals surface area contributed by atoms with Crippen LogP contribution in [0.1, 0.15) is 19.4 Å². The van der Waals surface area contributed by atoms with Crippen LogP contribution >= 0.6 is 0 Å². The van der Waals surface area contributed by atoms with Crippen molar-refractivity contribution in [2.45, 2.75) is 26.4 Å². The third-order valence-electron chi connectivity index (χ3n) is 2.59. The van der Waals surface area contributed by atoms with Crippen LogP contribution in [-0.2, 0) is 20.7 Å². The van der Waals surface area contributed by atoms with Gasteiger partial charge in [0, 0.05) is 6.54 Å². The highest BCUT2D eigenvalue weighted by atomic mass is 19.1. The molecule has 1 rings (SSSR count). The Morgan fingerprint density at radius 2 is 2.10 bits per heavy atom. The normalized spacial score (nSPS) is 11.6. The monoisotopic (exact) mass is 283 g/mol. The highest BCUT2D eigenvalue weighted by Gasteiger charge is 2.17. The van der Waals surface area contributed by atoms with Crippen LogP contribution in [-0.4, -0.2) is 31.6 Å². The maximum atomic E-state index is 13.5. The zero-order chi connectivity index (χ0) is 15.1. The average molecular weight is 283 g/mol. The second kappa shape index (κ2) is 7.47. The van der Waals surface area contributed by atoms with E-state index < -0.39 is 17.9 Å². The minimum Gasteiger partial charge on any atom is -0.494 e. The van der Waals surface area contributed by atoms with E-state index in [1.807, 2.05) is 0 Å². The van der Waals surface area contributed by atoms with Gasteiger partial charge in [-0.15, -0.1) is 0 Å². The first-order valence-corrected chi connectivity index (χ1v) is 6.27. The second-order valence-electron chi connectivity index (χ2n) is 4.17. The van der Waals surface area contributed by atoms with E-state index in [1.165, 1.54) is 26.2 Å². The molecule has 1 N–H and O–H groups in total. The number of methoxy groups -OCH3 is 1. The molecule has 1 amide bonds. The van der Waals surface area contributed by atoms with Gasteiger partial charge >= 0.3 is 5.97 Å². The fraction of sp³-hybridized carbons (Fsp3) is 0.429. The molecule has 0 spiro atoms. The van der Waals surface area contributed by atoms with Crippen molar-refractivity contribution >= 4 is 11.9 Å². The summed E-state index contributed by atoms with van der Waals surface area (Å²) in [5, 5.41) is 2.55. The van der Waals surface area contributed by atoms with Crippen molar-refractivity contribution in [1.82, 2.24) is 5.32 Å². The number of ether oxygens (including phenoxy) is 2. The Morgan fingerprint density at radius 1 is 1.40 bits per heavy atom. The Kier molecular flexibility index (Phi) is 5.96.